The van der Waals surface area contributed by atoms with Crippen molar-refractivity contribution in [2.24, 2.45) is 0 Å². The topological polar surface area (TPSA) is 95.5 Å². The van der Waals surface area contributed by atoms with Crippen molar-refractivity contribution < 1.29 is 9.59 Å². The second-order valence-corrected chi connectivity index (χ2v) is 16.0. The van der Waals surface area contributed by atoms with Crippen molar-refractivity contribution in [2.75, 3.05) is 29.9 Å². The van der Waals surface area contributed by atoms with Crippen LogP contribution in [0.4, 0.5) is 11.4 Å². The molecule has 11 heteroatoms. The normalized spacial score (nSPS) is 16.1. The number of halogens is 3. The van der Waals surface area contributed by atoms with Crippen LogP contribution >= 0.6 is 34.8 Å². The third kappa shape index (κ3) is 8.43. The van der Waals surface area contributed by atoms with Gasteiger partial charge in [0.25, 0.3) is 5.91 Å². The fourth-order valence-electron chi connectivity index (χ4n) is 8.33. The summed E-state index contributed by atoms with van der Waals surface area (Å²) in [6, 6.07) is 28.5. The van der Waals surface area contributed by atoms with Crippen LogP contribution in [0, 0.1) is 11.3 Å². The molecular weight excluding hydrogens is 775 g/mol. The van der Waals surface area contributed by atoms with Crippen molar-refractivity contribution in [3.05, 3.63) is 141 Å². The van der Waals surface area contributed by atoms with Crippen LogP contribution in [0.5, 0.6) is 0 Å². The molecule has 0 spiro atoms. The largest absolute Gasteiger partial charge is 0.370 e. The summed E-state index contributed by atoms with van der Waals surface area (Å²) in [5.74, 6) is -0.137. The summed E-state index contributed by atoms with van der Waals surface area (Å²) in [6.45, 7) is 10.6. The minimum absolute atomic E-state index is 0.194. The third-order valence-electron chi connectivity index (χ3n) is 11.3. The molecule has 7 rings (SSSR count). The molecule has 0 saturated carbocycles. The smallest absolute Gasteiger partial charge is 0.272 e. The molecule has 2 fully saturated rings. The van der Waals surface area contributed by atoms with Crippen LogP contribution in [0.3, 0.4) is 0 Å². The molecule has 0 aliphatic carbocycles. The van der Waals surface area contributed by atoms with Gasteiger partial charge in [0.15, 0.2) is 0 Å². The average Bonchev–Trinajstić information content (AvgIpc) is 3.44. The number of carbonyl (C=O) groups excluding carboxylic acids is 2. The van der Waals surface area contributed by atoms with E-state index in [4.69, 9.17) is 34.8 Å². The maximum absolute atomic E-state index is 14.9. The Bertz CT molecular complexity index is 2390. The number of nitrogens with one attached hydrogen (secondary N) is 2. The van der Waals surface area contributed by atoms with Crippen LogP contribution in [0.15, 0.2) is 97.7 Å². The molecule has 8 nitrogen and oxygen atoms in total. The number of aromatic amines is 1. The Labute approximate surface area is 349 Å². The predicted molar refractivity (Wildman–Crippen MR) is 234 cm³/mol. The van der Waals surface area contributed by atoms with Gasteiger partial charge >= 0.3 is 0 Å². The van der Waals surface area contributed by atoms with Gasteiger partial charge < -0.3 is 25.0 Å². The first-order valence-corrected chi connectivity index (χ1v) is 20.5. The summed E-state index contributed by atoms with van der Waals surface area (Å²) in [7, 11) is 0. The molecule has 2 N–H and O–H groups in total. The quantitative estimate of drug-likeness (QED) is 0.146. The lowest BCUT2D eigenvalue weighted by atomic mass is 9.95. The second-order valence-electron chi connectivity index (χ2n) is 14.8. The molecule has 2 saturated heterocycles. The molecule has 2 amide bonds. The number of anilines is 2. The fourth-order valence-corrected chi connectivity index (χ4v) is 9.07. The van der Waals surface area contributed by atoms with E-state index in [2.05, 4.69) is 32.7 Å². The Morgan fingerprint density at radius 1 is 0.965 bits per heavy atom. The minimum Gasteiger partial charge on any atom is -0.370 e. The van der Waals surface area contributed by atoms with Crippen molar-refractivity contribution in [1.29, 1.82) is 5.26 Å². The fraction of sp³-hybridized carbons (Fsp3) is 0.283. The summed E-state index contributed by atoms with van der Waals surface area (Å²) in [6.07, 6.45) is 7.11. The van der Waals surface area contributed by atoms with Gasteiger partial charge in [-0.15, -0.1) is 0 Å². The molecule has 2 aliphatic heterocycles. The molecule has 1 aromatic heterocycles. The number of rotatable bonds is 10. The van der Waals surface area contributed by atoms with Crippen LogP contribution in [-0.4, -0.2) is 52.3 Å². The number of nitrogens with zero attached hydrogens (tertiary/aromatic N) is 4. The minimum atomic E-state index is -0.390. The lowest BCUT2D eigenvalue weighted by Crippen LogP contribution is -2.47. The third-order valence-corrected chi connectivity index (χ3v) is 12.1. The first kappa shape index (κ1) is 40.0. The lowest BCUT2D eigenvalue weighted by molar-refractivity contribution is -0.133. The van der Waals surface area contributed by atoms with Gasteiger partial charge in [-0.05, 0) is 105 Å². The van der Waals surface area contributed by atoms with E-state index < -0.39 is 5.91 Å². The first-order valence-electron chi connectivity index (χ1n) is 19.4. The summed E-state index contributed by atoms with van der Waals surface area (Å²) in [5, 5.41) is 15.5. The Morgan fingerprint density at radius 2 is 1.70 bits per heavy atom. The van der Waals surface area contributed by atoms with E-state index in [1.54, 1.807) is 24.4 Å². The highest BCUT2D eigenvalue weighted by Crippen LogP contribution is 2.43. The maximum atomic E-state index is 14.9. The monoisotopic (exact) mass is 818 g/mol. The predicted octanol–water partition coefficient (Wildman–Crippen LogP) is 11.7. The van der Waals surface area contributed by atoms with Crippen LogP contribution in [0.2, 0.25) is 15.1 Å². The number of hydrogen-bond donors (Lipinski definition) is 2. The Balaban J connectivity index is 1.31. The van der Waals surface area contributed by atoms with Crippen molar-refractivity contribution in [3.8, 4) is 6.07 Å². The van der Waals surface area contributed by atoms with Crippen molar-refractivity contribution >= 4 is 80.2 Å². The number of H-pyrrole nitrogens is 1. The van der Waals surface area contributed by atoms with Gasteiger partial charge in [0.2, 0.25) is 5.91 Å². The highest BCUT2D eigenvalue weighted by molar-refractivity contribution is 6.35. The van der Waals surface area contributed by atoms with Gasteiger partial charge in [-0.25, -0.2) is 0 Å². The van der Waals surface area contributed by atoms with E-state index in [0.717, 1.165) is 72.1 Å². The van der Waals surface area contributed by atoms with Gasteiger partial charge in [-0.1, -0.05) is 90.3 Å². The standard InChI is InChI=1S/C46H45Cl3N6O2/c1-4-54(30(3)36-17-15-33(47)26-38(36)49)45(29(2)32-11-7-5-8-12-32)43-37-18-16-34(48)27-39(37)51-44(43)46(57)52-40-25-31(28-50)14-19-41(40)53-23-20-35(21-24-53)55-22-10-6-9-13-42(55)56/h4-5,7-8,11-12,14-19,25-27,30,35,51H,1,6,9-10,13,20-24H2,2-3H3,(H,52,57)/b45-29+. The molecule has 57 heavy (non-hydrogen) atoms. The zero-order chi connectivity index (χ0) is 40.2. The number of piperidine rings is 1. The number of hydrogen-bond acceptors (Lipinski definition) is 5. The van der Waals surface area contributed by atoms with Gasteiger partial charge in [0.1, 0.15) is 5.69 Å². The van der Waals surface area contributed by atoms with E-state index >= 15 is 0 Å². The van der Waals surface area contributed by atoms with Crippen LogP contribution < -0.4 is 10.2 Å². The molecule has 292 valence electrons. The number of amides is 2. The van der Waals surface area contributed by atoms with Gasteiger partial charge in [0, 0.05) is 63.6 Å². The van der Waals surface area contributed by atoms with Crippen LogP contribution in [0.25, 0.3) is 22.2 Å². The summed E-state index contributed by atoms with van der Waals surface area (Å²) in [4.78, 5) is 37.6. The molecule has 5 aromatic rings. The van der Waals surface area contributed by atoms with Crippen LogP contribution in [-0.2, 0) is 4.79 Å². The summed E-state index contributed by atoms with van der Waals surface area (Å²) >= 11 is 19.7. The number of fused-ring (bicyclic) bond motifs is 1. The van der Waals surface area contributed by atoms with Gasteiger partial charge in [0.05, 0.1) is 34.7 Å². The average molecular weight is 820 g/mol. The van der Waals surface area contributed by atoms with E-state index in [9.17, 15) is 14.9 Å². The number of benzene rings is 4. The van der Waals surface area contributed by atoms with E-state index in [0.29, 0.717) is 62.6 Å². The molecule has 4 aromatic carbocycles. The van der Waals surface area contributed by atoms with E-state index in [1.165, 1.54) is 0 Å². The van der Waals surface area contributed by atoms with Crippen molar-refractivity contribution in [1.82, 2.24) is 14.8 Å². The molecule has 1 atom stereocenters. The maximum Gasteiger partial charge on any atom is 0.272 e. The Kier molecular flexibility index (Phi) is 12.3. The number of likely N-dealkylation sites (tertiary alicyclic amines) is 1. The molecule has 0 radical (unpaired) electrons. The Morgan fingerprint density at radius 3 is 2.42 bits per heavy atom. The second kappa shape index (κ2) is 17.5. The number of aromatic nitrogens is 1. The van der Waals surface area contributed by atoms with Crippen molar-refractivity contribution in [2.45, 2.75) is 64.5 Å². The van der Waals surface area contributed by atoms with Crippen molar-refractivity contribution in [3.63, 3.8) is 0 Å². The molecule has 0 bridgehead atoms. The summed E-state index contributed by atoms with van der Waals surface area (Å²) < 4.78 is 0. The molecular formula is C46H45Cl3N6O2. The zero-order valence-corrected chi connectivity index (χ0v) is 34.4. The summed E-state index contributed by atoms with van der Waals surface area (Å²) in [5.41, 5.74) is 6.83. The SMILES string of the molecule is C=CN(/C(=C(\C)c1ccccc1)c1c(C(=O)Nc2cc(C#N)ccc2N2CCC(N3CCCCCC3=O)CC2)[nH]c2cc(Cl)ccc12)C(C)c1ccc(Cl)cc1Cl. The highest BCUT2D eigenvalue weighted by atomic mass is 35.5. The van der Waals surface area contributed by atoms with Crippen LogP contribution in [0.1, 0.15) is 91.2 Å². The van der Waals surface area contributed by atoms with Gasteiger partial charge in [-0.3, -0.25) is 9.59 Å². The molecule has 3 heterocycles. The highest BCUT2D eigenvalue weighted by Gasteiger charge is 2.32. The number of carbonyl (C=O) groups is 2. The lowest BCUT2D eigenvalue weighted by Gasteiger charge is -2.39. The van der Waals surface area contributed by atoms with E-state index in [-0.39, 0.29) is 18.0 Å². The van der Waals surface area contributed by atoms with Gasteiger partial charge in [-0.2, -0.15) is 5.26 Å². The molecule has 1 unspecified atom stereocenters. The van der Waals surface area contributed by atoms with E-state index in [1.807, 2.05) is 85.5 Å². The Hall–Kier alpha value is -5.20. The zero-order valence-electron chi connectivity index (χ0n) is 32.1. The number of nitriles is 1. The molecule has 2 aliphatic rings. The first-order chi connectivity index (χ1) is 27.6. The number of allylic oxidation sites excluding steroid dienone is 1.